The van der Waals surface area contributed by atoms with Gasteiger partial charge in [0.25, 0.3) is 0 Å². The number of carbonyl (C=O) groups excluding carboxylic acids is 1. The maximum Gasteiger partial charge on any atom is 0.308 e. The number of rotatable bonds is 3. The molecule has 0 amide bonds. The SMILES string of the molecule is COC(=O)[C@H]1C[C@H](Oc2ccc(Br)cn2)C1. The van der Waals surface area contributed by atoms with Crippen LogP contribution in [0.1, 0.15) is 12.8 Å². The van der Waals surface area contributed by atoms with Gasteiger partial charge in [-0.3, -0.25) is 4.79 Å². The lowest BCUT2D eigenvalue weighted by molar-refractivity contribution is -0.151. The van der Waals surface area contributed by atoms with Crippen molar-refractivity contribution in [3.05, 3.63) is 22.8 Å². The molecule has 0 bridgehead atoms. The van der Waals surface area contributed by atoms with Crippen molar-refractivity contribution in [1.29, 1.82) is 0 Å². The van der Waals surface area contributed by atoms with Gasteiger partial charge in [0.05, 0.1) is 13.0 Å². The predicted octanol–water partition coefficient (Wildman–Crippen LogP) is 2.17. The second kappa shape index (κ2) is 4.82. The van der Waals surface area contributed by atoms with Crippen LogP contribution in [0, 0.1) is 5.92 Å². The van der Waals surface area contributed by atoms with Crippen LogP contribution in [0.5, 0.6) is 5.88 Å². The maximum atomic E-state index is 11.1. The first-order chi connectivity index (χ1) is 7.69. The minimum atomic E-state index is -0.149. The van der Waals surface area contributed by atoms with Gasteiger partial charge in [-0.1, -0.05) is 0 Å². The maximum absolute atomic E-state index is 11.1. The van der Waals surface area contributed by atoms with E-state index in [2.05, 4.69) is 25.7 Å². The van der Waals surface area contributed by atoms with E-state index in [0.717, 1.165) is 4.47 Å². The van der Waals surface area contributed by atoms with Gasteiger partial charge < -0.3 is 9.47 Å². The molecule has 1 aliphatic carbocycles. The Morgan fingerprint density at radius 3 is 2.81 bits per heavy atom. The molecular weight excluding hydrogens is 274 g/mol. The number of aromatic nitrogens is 1. The fraction of sp³-hybridized carbons (Fsp3) is 0.455. The zero-order valence-corrected chi connectivity index (χ0v) is 10.4. The molecule has 1 saturated carbocycles. The fourth-order valence-electron chi connectivity index (χ4n) is 1.62. The molecule has 86 valence electrons. The quantitative estimate of drug-likeness (QED) is 0.799. The Hall–Kier alpha value is -1.10. The molecule has 0 atom stereocenters. The summed E-state index contributed by atoms with van der Waals surface area (Å²) in [5, 5.41) is 0. The zero-order valence-electron chi connectivity index (χ0n) is 8.85. The zero-order chi connectivity index (χ0) is 11.5. The van der Waals surface area contributed by atoms with Gasteiger partial charge in [-0.2, -0.15) is 0 Å². The van der Waals surface area contributed by atoms with E-state index in [9.17, 15) is 4.79 Å². The highest BCUT2D eigenvalue weighted by molar-refractivity contribution is 9.10. The molecule has 1 fully saturated rings. The van der Waals surface area contributed by atoms with Gasteiger partial charge in [-0.15, -0.1) is 0 Å². The van der Waals surface area contributed by atoms with Gasteiger partial charge in [-0.05, 0) is 34.8 Å². The van der Waals surface area contributed by atoms with Gasteiger partial charge in [0.1, 0.15) is 6.10 Å². The molecule has 16 heavy (non-hydrogen) atoms. The number of ether oxygens (including phenoxy) is 2. The van der Waals surface area contributed by atoms with Crippen LogP contribution < -0.4 is 4.74 Å². The van der Waals surface area contributed by atoms with Crippen molar-refractivity contribution in [3.8, 4) is 5.88 Å². The largest absolute Gasteiger partial charge is 0.474 e. The molecule has 5 heteroatoms. The topological polar surface area (TPSA) is 48.4 Å². The molecule has 0 saturated heterocycles. The van der Waals surface area contributed by atoms with E-state index in [1.807, 2.05) is 6.07 Å². The van der Waals surface area contributed by atoms with Gasteiger partial charge in [0, 0.05) is 16.7 Å². The predicted molar refractivity (Wildman–Crippen MR) is 61.1 cm³/mol. The molecule has 0 aromatic carbocycles. The van der Waals surface area contributed by atoms with Crippen molar-refractivity contribution in [3.63, 3.8) is 0 Å². The third-order valence-corrected chi connectivity index (χ3v) is 3.09. The highest BCUT2D eigenvalue weighted by atomic mass is 79.9. The summed E-state index contributed by atoms with van der Waals surface area (Å²) < 4.78 is 11.2. The standard InChI is InChI=1S/C11H12BrNO3/c1-15-11(14)7-4-9(5-7)16-10-3-2-8(12)6-13-10/h2-3,6-7,9H,4-5H2,1H3/t7-,9-. The van der Waals surface area contributed by atoms with Crippen LogP contribution in [0.3, 0.4) is 0 Å². The summed E-state index contributed by atoms with van der Waals surface area (Å²) in [6.45, 7) is 0. The second-order valence-corrected chi connectivity index (χ2v) is 4.66. The fourth-order valence-corrected chi connectivity index (χ4v) is 1.86. The van der Waals surface area contributed by atoms with Gasteiger partial charge in [-0.25, -0.2) is 4.98 Å². The number of methoxy groups -OCH3 is 1. The highest BCUT2D eigenvalue weighted by Crippen LogP contribution is 2.31. The molecule has 1 aliphatic rings. The minimum absolute atomic E-state index is 0.00884. The number of hydrogen-bond donors (Lipinski definition) is 0. The molecule has 1 aromatic heterocycles. The first-order valence-corrected chi connectivity index (χ1v) is 5.84. The third kappa shape index (κ3) is 2.52. The number of carbonyl (C=O) groups is 1. The van der Waals surface area contributed by atoms with Gasteiger partial charge >= 0.3 is 5.97 Å². The van der Waals surface area contributed by atoms with Crippen molar-refractivity contribution < 1.29 is 14.3 Å². The van der Waals surface area contributed by atoms with Crippen molar-refractivity contribution in [2.75, 3.05) is 7.11 Å². The van der Waals surface area contributed by atoms with E-state index < -0.39 is 0 Å². The molecule has 0 spiro atoms. The molecule has 0 radical (unpaired) electrons. The van der Waals surface area contributed by atoms with Crippen molar-refractivity contribution in [1.82, 2.24) is 4.98 Å². The first-order valence-electron chi connectivity index (χ1n) is 5.05. The molecule has 0 N–H and O–H groups in total. The van der Waals surface area contributed by atoms with Crippen LogP contribution in [0.15, 0.2) is 22.8 Å². The molecule has 1 heterocycles. The van der Waals surface area contributed by atoms with E-state index in [0.29, 0.717) is 18.7 Å². The number of nitrogens with zero attached hydrogens (tertiary/aromatic N) is 1. The van der Waals surface area contributed by atoms with E-state index in [1.54, 1.807) is 12.3 Å². The van der Waals surface area contributed by atoms with E-state index >= 15 is 0 Å². The van der Waals surface area contributed by atoms with Crippen molar-refractivity contribution >= 4 is 21.9 Å². The summed E-state index contributed by atoms with van der Waals surface area (Å²) in [4.78, 5) is 15.2. The van der Waals surface area contributed by atoms with Crippen molar-refractivity contribution in [2.45, 2.75) is 18.9 Å². The summed E-state index contributed by atoms with van der Waals surface area (Å²) in [5.41, 5.74) is 0. The summed E-state index contributed by atoms with van der Waals surface area (Å²) in [6.07, 6.45) is 3.19. The van der Waals surface area contributed by atoms with Crippen LogP contribution >= 0.6 is 15.9 Å². The first kappa shape index (κ1) is 11.4. The van der Waals surface area contributed by atoms with E-state index in [-0.39, 0.29) is 18.0 Å². The van der Waals surface area contributed by atoms with Crippen molar-refractivity contribution in [2.24, 2.45) is 5.92 Å². The molecular formula is C11H12BrNO3. The van der Waals surface area contributed by atoms with E-state index in [1.165, 1.54) is 7.11 Å². The minimum Gasteiger partial charge on any atom is -0.474 e. The summed E-state index contributed by atoms with van der Waals surface area (Å²) in [6, 6.07) is 3.67. The monoisotopic (exact) mass is 285 g/mol. The summed E-state index contributed by atoms with van der Waals surface area (Å²) in [7, 11) is 1.41. The summed E-state index contributed by atoms with van der Waals surface area (Å²) in [5.74, 6) is 0.436. The van der Waals surface area contributed by atoms with Gasteiger partial charge in [0.15, 0.2) is 0 Å². The number of hydrogen-bond acceptors (Lipinski definition) is 4. The Labute approximate surface area is 102 Å². The second-order valence-electron chi connectivity index (χ2n) is 3.75. The Balaban J connectivity index is 1.81. The lowest BCUT2D eigenvalue weighted by Crippen LogP contribution is -2.38. The lowest BCUT2D eigenvalue weighted by Gasteiger charge is -2.32. The average Bonchev–Trinajstić information content (AvgIpc) is 2.24. The molecule has 2 rings (SSSR count). The van der Waals surface area contributed by atoms with Crippen LogP contribution in [0.4, 0.5) is 0 Å². The number of esters is 1. The molecule has 4 nitrogen and oxygen atoms in total. The smallest absolute Gasteiger partial charge is 0.308 e. The number of halogens is 1. The van der Waals surface area contributed by atoms with Crippen LogP contribution in [-0.2, 0) is 9.53 Å². The Morgan fingerprint density at radius 2 is 2.25 bits per heavy atom. The Kier molecular flexibility index (Phi) is 3.43. The Morgan fingerprint density at radius 1 is 1.50 bits per heavy atom. The van der Waals surface area contributed by atoms with Crippen LogP contribution in [-0.4, -0.2) is 24.2 Å². The normalized spacial score (nSPS) is 23.4. The molecule has 1 aromatic rings. The van der Waals surface area contributed by atoms with Crippen LogP contribution in [0.2, 0.25) is 0 Å². The Bertz CT molecular complexity index is 373. The van der Waals surface area contributed by atoms with Crippen LogP contribution in [0.25, 0.3) is 0 Å². The van der Waals surface area contributed by atoms with E-state index in [4.69, 9.17) is 4.74 Å². The highest BCUT2D eigenvalue weighted by Gasteiger charge is 2.37. The third-order valence-electron chi connectivity index (χ3n) is 2.62. The molecule has 0 aliphatic heterocycles. The molecule has 0 unspecified atom stereocenters. The van der Waals surface area contributed by atoms with Gasteiger partial charge in [0.2, 0.25) is 5.88 Å². The number of pyridine rings is 1. The lowest BCUT2D eigenvalue weighted by atomic mass is 9.82. The average molecular weight is 286 g/mol. The summed E-state index contributed by atoms with van der Waals surface area (Å²) >= 11 is 3.30.